The number of hydrogen-bond donors (Lipinski definition) is 0. The summed E-state index contributed by atoms with van der Waals surface area (Å²) in [5.74, 6) is 0. The van der Waals surface area contributed by atoms with Crippen molar-refractivity contribution in [3.8, 4) is 0 Å². The molecule has 1 unspecified atom stereocenters. The molecule has 0 aliphatic rings. The van der Waals surface area contributed by atoms with Crippen LogP contribution in [-0.2, 0) is 0 Å². The first-order valence-corrected chi connectivity index (χ1v) is 5.65. The third-order valence-corrected chi connectivity index (χ3v) is 2.59. The van der Waals surface area contributed by atoms with Gasteiger partial charge in [-0.2, -0.15) is 13.2 Å². The smallest absolute Gasteiger partial charge is 0.171 e. The van der Waals surface area contributed by atoms with E-state index in [0.29, 0.717) is 6.42 Å². The molecule has 0 nitrogen and oxygen atoms in total. The van der Waals surface area contributed by atoms with Gasteiger partial charge in [-0.1, -0.05) is 38.8 Å². The Morgan fingerprint density at radius 3 is 2.14 bits per heavy atom. The van der Waals surface area contributed by atoms with Crippen LogP contribution in [0, 0.1) is 0 Å². The summed E-state index contributed by atoms with van der Waals surface area (Å²) in [4.78, 5) is 0. The predicted octanol–water partition coefficient (Wildman–Crippen LogP) is 4.87. The number of hydrogen-bond acceptors (Lipinski definition) is 0. The van der Waals surface area contributed by atoms with Gasteiger partial charge in [-0.05, 0) is 19.3 Å². The van der Waals surface area contributed by atoms with Gasteiger partial charge >= 0.3 is 6.18 Å². The molecule has 0 bridgehead atoms. The molecule has 0 aromatic heterocycles. The molecule has 14 heavy (non-hydrogen) atoms. The largest absolute Gasteiger partial charge is 0.389 e. The van der Waals surface area contributed by atoms with Crippen LogP contribution in [0.2, 0.25) is 0 Å². The topological polar surface area (TPSA) is 0 Å². The molecule has 85 valence electrons. The summed E-state index contributed by atoms with van der Waals surface area (Å²) >= 11 is 5.13. The van der Waals surface area contributed by atoms with Crippen molar-refractivity contribution in [2.45, 2.75) is 63.3 Å². The van der Waals surface area contributed by atoms with Crippen LogP contribution in [0.15, 0.2) is 0 Å². The van der Waals surface area contributed by atoms with Gasteiger partial charge < -0.3 is 0 Å². The molecule has 0 aromatic carbocycles. The molecule has 0 spiro atoms. The molecule has 0 aliphatic carbocycles. The van der Waals surface area contributed by atoms with Gasteiger partial charge in [-0.15, -0.1) is 0 Å². The fourth-order valence-electron chi connectivity index (χ4n) is 1.27. The molecule has 0 aliphatic heterocycles. The molecule has 0 saturated heterocycles. The van der Waals surface area contributed by atoms with E-state index in [0.717, 1.165) is 25.7 Å². The van der Waals surface area contributed by atoms with E-state index in [1.807, 2.05) is 0 Å². The molecule has 0 aromatic rings. The second kappa shape index (κ2) is 7.43. The number of unbranched alkanes of at least 4 members (excludes halogenated alkanes) is 2. The first-order chi connectivity index (χ1) is 6.45. The molecule has 0 amide bonds. The number of halogens is 3. The van der Waals surface area contributed by atoms with Crippen LogP contribution in [-0.4, -0.2) is 11.4 Å². The second-order valence-electron chi connectivity index (χ2n) is 3.63. The molecule has 1 atom stereocenters. The zero-order valence-corrected chi connectivity index (χ0v) is 9.39. The lowest BCUT2D eigenvalue weighted by Crippen LogP contribution is -2.07. The van der Waals surface area contributed by atoms with Crippen molar-refractivity contribution in [3.63, 3.8) is 0 Å². The van der Waals surface area contributed by atoms with E-state index in [9.17, 15) is 13.2 Å². The summed E-state index contributed by atoms with van der Waals surface area (Å²) in [5.41, 5.74) is 0. The van der Waals surface area contributed by atoms with Crippen LogP contribution < -0.4 is 0 Å². The van der Waals surface area contributed by atoms with Crippen molar-refractivity contribution in [3.05, 3.63) is 0 Å². The summed E-state index contributed by atoms with van der Waals surface area (Å²) in [5, 5.41) is 0.170. The standard InChI is InChI=1S/C10H18F3S/c1-2-3-6-9(14)7-4-5-8-10(11,12)13/h9H,2-8H2,1H3. The van der Waals surface area contributed by atoms with Gasteiger partial charge in [-0.3, -0.25) is 0 Å². The zero-order chi connectivity index (χ0) is 11.0. The maximum Gasteiger partial charge on any atom is 0.389 e. The van der Waals surface area contributed by atoms with E-state index >= 15 is 0 Å². The van der Waals surface area contributed by atoms with Crippen LogP contribution in [0.5, 0.6) is 0 Å². The van der Waals surface area contributed by atoms with E-state index in [4.69, 9.17) is 12.6 Å². The molecule has 0 N–H and O–H groups in total. The fourth-order valence-corrected chi connectivity index (χ4v) is 1.61. The fraction of sp³-hybridized carbons (Fsp3) is 1.00. The maximum atomic E-state index is 11.8. The summed E-state index contributed by atoms with van der Waals surface area (Å²) < 4.78 is 35.3. The normalized spacial score (nSPS) is 14.4. The van der Waals surface area contributed by atoms with Gasteiger partial charge in [0.05, 0.1) is 0 Å². The average Bonchev–Trinajstić information content (AvgIpc) is 2.07. The first kappa shape index (κ1) is 14.1. The molecular formula is C10H18F3S. The monoisotopic (exact) mass is 227 g/mol. The second-order valence-corrected chi connectivity index (χ2v) is 4.29. The third kappa shape index (κ3) is 10.2. The predicted molar refractivity (Wildman–Crippen MR) is 55.4 cm³/mol. The molecule has 4 heteroatoms. The average molecular weight is 227 g/mol. The molecule has 0 saturated carbocycles. The van der Waals surface area contributed by atoms with Gasteiger partial charge in [0, 0.05) is 11.7 Å². The van der Waals surface area contributed by atoms with Crippen LogP contribution in [0.4, 0.5) is 13.2 Å². The Morgan fingerprint density at radius 2 is 1.64 bits per heavy atom. The Hall–Kier alpha value is 0.140. The molecule has 0 heterocycles. The van der Waals surface area contributed by atoms with Gasteiger partial charge in [0.25, 0.3) is 0 Å². The highest BCUT2D eigenvalue weighted by Gasteiger charge is 2.25. The number of alkyl halides is 3. The van der Waals surface area contributed by atoms with E-state index in [1.165, 1.54) is 0 Å². The molecule has 0 rings (SSSR count). The van der Waals surface area contributed by atoms with Crippen molar-refractivity contribution in [2.75, 3.05) is 0 Å². The van der Waals surface area contributed by atoms with Gasteiger partial charge in [0.2, 0.25) is 0 Å². The Bertz CT molecular complexity index is 134. The van der Waals surface area contributed by atoms with Crippen molar-refractivity contribution in [2.24, 2.45) is 0 Å². The van der Waals surface area contributed by atoms with Gasteiger partial charge in [-0.25, -0.2) is 0 Å². The highest BCUT2D eigenvalue weighted by atomic mass is 32.1. The lowest BCUT2D eigenvalue weighted by Gasteiger charge is -2.09. The SMILES string of the molecule is CCCCC([S])CCCCC(F)(F)F. The zero-order valence-electron chi connectivity index (χ0n) is 8.57. The lowest BCUT2D eigenvalue weighted by molar-refractivity contribution is -0.135. The van der Waals surface area contributed by atoms with Gasteiger partial charge in [0.15, 0.2) is 0 Å². The van der Waals surface area contributed by atoms with E-state index in [-0.39, 0.29) is 11.7 Å². The summed E-state index contributed by atoms with van der Waals surface area (Å²) in [6, 6.07) is 0. The van der Waals surface area contributed by atoms with Crippen molar-refractivity contribution in [1.82, 2.24) is 0 Å². The van der Waals surface area contributed by atoms with E-state index in [2.05, 4.69) is 6.92 Å². The highest BCUT2D eigenvalue weighted by Crippen LogP contribution is 2.24. The number of rotatable bonds is 7. The Kier molecular flexibility index (Phi) is 7.51. The van der Waals surface area contributed by atoms with Crippen LogP contribution >= 0.6 is 12.6 Å². The summed E-state index contributed by atoms with van der Waals surface area (Å²) in [6.45, 7) is 2.09. The third-order valence-electron chi connectivity index (χ3n) is 2.12. The first-order valence-electron chi connectivity index (χ1n) is 5.18. The van der Waals surface area contributed by atoms with Crippen LogP contribution in [0.1, 0.15) is 51.9 Å². The Balaban J connectivity index is 3.27. The highest BCUT2D eigenvalue weighted by molar-refractivity contribution is 7.80. The quantitative estimate of drug-likeness (QED) is 0.544. The lowest BCUT2D eigenvalue weighted by atomic mass is 10.1. The minimum absolute atomic E-state index is 0.170. The van der Waals surface area contributed by atoms with Crippen molar-refractivity contribution >= 4 is 12.6 Å². The van der Waals surface area contributed by atoms with Gasteiger partial charge in [0.1, 0.15) is 0 Å². The van der Waals surface area contributed by atoms with Crippen molar-refractivity contribution in [1.29, 1.82) is 0 Å². The van der Waals surface area contributed by atoms with Crippen LogP contribution in [0.25, 0.3) is 0 Å². The summed E-state index contributed by atoms with van der Waals surface area (Å²) in [6.07, 6.45) is 0.0930. The molecular weight excluding hydrogens is 209 g/mol. The minimum atomic E-state index is -4.00. The minimum Gasteiger partial charge on any atom is -0.171 e. The van der Waals surface area contributed by atoms with E-state index in [1.54, 1.807) is 0 Å². The molecule has 0 fully saturated rings. The Morgan fingerprint density at radius 1 is 1.07 bits per heavy atom. The summed E-state index contributed by atoms with van der Waals surface area (Å²) in [7, 11) is 0. The van der Waals surface area contributed by atoms with E-state index < -0.39 is 12.6 Å². The van der Waals surface area contributed by atoms with Crippen LogP contribution in [0.3, 0.4) is 0 Å². The Labute approximate surface area is 89.7 Å². The maximum absolute atomic E-state index is 11.8. The molecule has 1 radical (unpaired) electrons. The van der Waals surface area contributed by atoms with Crippen molar-refractivity contribution < 1.29 is 13.2 Å².